The number of amides is 1. The zero-order valence-corrected chi connectivity index (χ0v) is 16.8. The van der Waals surface area contributed by atoms with Crippen molar-refractivity contribution in [1.82, 2.24) is 9.36 Å². The molecule has 1 amide bonds. The Balaban J connectivity index is 1.81. The van der Waals surface area contributed by atoms with Crippen LogP contribution >= 0.6 is 0 Å². The molecular weight excluding hydrogens is 370 g/mol. The predicted molar refractivity (Wildman–Crippen MR) is 111 cm³/mol. The number of carbonyl (C=O) groups is 2. The van der Waals surface area contributed by atoms with E-state index < -0.39 is 12.0 Å². The second-order valence-corrected chi connectivity index (χ2v) is 6.77. The summed E-state index contributed by atoms with van der Waals surface area (Å²) in [6, 6.07) is 15.8. The normalized spacial score (nSPS) is 11.7. The number of benzene rings is 2. The molecule has 7 heteroatoms. The molecule has 0 bridgehead atoms. The van der Waals surface area contributed by atoms with E-state index in [9.17, 15) is 14.4 Å². The van der Waals surface area contributed by atoms with Gasteiger partial charge in [-0.15, -0.1) is 0 Å². The Hall–Kier alpha value is -3.61. The molecule has 29 heavy (non-hydrogen) atoms. The summed E-state index contributed by atoms with van der Waals surface area (Å²) >= 11 is 0. The maximum absolute atomic E-state index is 12.9. The largest absolute Gasteiger partial charge is 0.481 e. The molecule has 0 fully saturated rings. The second kappa shape index (κ2) is 8.18. The zero-order chi connectivity index (χ0) is 21.1. The van der Waals surface area contributed by atoms with Gasteiger partial charge in [0.1, 0.15) is 11.4 Å². The summed E-state index contributed by atoms with van der Waals surface area (Å²) in [7, 11) is 1.76. The molecule has 0 saturated carbocycles. The lowest BCUT2D eigenvalue weighted by molar-refractivity contribution is -0.122. The van der Waals surface area contributed by atoms with E-state index in [1.165, 1.54) is 11.6 Å². The third-order valence-corrected chi connectivity index (χ3v) is 4.73. The molecule has 0 radical (unpaired) electrons. The Morgan fingerprint density at radius 1 is 1.07 bits per heavy atom. The molecule has 1 N–H and O–H groups in total. The number of para-hydroxylation sites is 1. The van der Waals surface area contributed by atoms with Gasteiger partial charge in [0.15, 0.2) is 11.9 Å². The van der Waals surface area contributed by atoms with Crippen LogP contribution in [0.25, 0.3) is 5.69 Å². The van der Waals surface area contributed by atoms with Gasteiger partial charge >= 0.3 is 0 Å². The molecule has 0 saturated heterocycles. The van der Waals surface area contributed by atoms with Gasteiger partial charge in [0.2, 0.25) is 0 Å². The molecule has 0 aliphatic heterocycles. The third-order valence-electron chi connectivity index (χ3n) is 4.73. The van der Waals surface area contributed by atoms with Crippen LogP contribution in [0.3, 0.4) is 0 Å². The van der Waals surface area contributed by atoms with E-state index >= 15 is 0 Å². The summed E-state index contributed by atoms with van der Waals surface area (Å²) in [5.41, 5.74) is 1.70. The van der Waals surface area contributed by atoms with Crippen molar-refractivity contribution in [2.45, 2.75) is 26.9 Å². The van der Waals surface area contributed by atoms with E-state index in [1.807, 2.05) is 30.3 Å². The van der Waals surface area contributed by atoms with Gasteiger partial charge in [-0.25, -0.2) is 4.68 Å². The van der Waals surface area contributed by atoms with Crippen LogP contribution in [-0.2, 0) is 11.8 Å². The van der Waals surface area contributed by atoms with Gasteiger partial charge in [-0.05, 0) is 45.0 Å². The van der Waals surface area contributed by atoms with Crippen molar-refractivity contribution >= 4 is 17.4 Å². The summed E-state index contributed by atoms with van der Waals surface area (Å²) in [5, 5.41) is 2.68. The number of hydrogen-bond acceptors (Lipinski definition) is 4. The topological polar surface area (TPSA) is 82.3 Å². The SMILES string of the molecule is CC(=O)c1cccc(O[C@@H](C)C(=O)Nc2c(C)n(C)n(-c3ccccc3)c2=O)c1. The highest BCUT2D eigenvalue weighted by atomic mass is 16.5. The molecule has 1 heterocycles. The number of nitrogens with zero attached hydrogens (tertiary/aromatic N) is 2. The van der Waals surface area contributed by atoms with E-state index in [2.05, 4.69) is 5.32 Å². The molecule has 7 nitrogen and oxygen atoms in total. The van der Waals surface area contributed by atoms with Crippen LogP contribution in [0, 0.1) is 6.92 Å². The van der Waals surface area contributed by atoms with Crippen molar-refractivity contribution < 1.29 is 14.3 Å². The Kier molecular flexibility index (Phi) is 5.68. The summed E-state index contributed by atoms with van der Waals surface area (Å²) in [6.45, 7) is 4.81. The van der Waals surface area contributed by atoms with Crippen LogP contribution in [0.2, 0.25) is 0 Å². The average Bonchev–Trinajstić information content (AvgIpc) is 2.92. The van der Waals surface area contributed by atoms with Crippen LogP contribution in [0.15, 0.2) is 59.4 Å². The van der Waals surface area contributed by atoms with Crippen LogP contribution in [0.4, 0.5) is 5.69 Å². The first-order valence-corrected chi connectivity index (χ1v) is 9.22. The molecule has 0 unspecified atom stereocenters. The minimum absolute atomic E-state index is 0.0890. The van der Waals surface area contributed by atoms with E-state index in [0.29, 0.717) is 22.7 Å². The molecule has 3 aromatic rings. The Bertz CT molecular complexity index is 1110. The summed E-state index contributed by atoms with van der Waals surface area (Å²) in [6.07, 6.45) is -0.860. The fourth-order valence-corrected chi connectivity index (χ4v) is 2.98. The Labute approximate surface area is 168 Å². The second-order valence-electron chi connectivity index (χ2n) is 6.77. The summed E-state index contributed by atoms with van der Waals surface area (Å²) in [5.74, 6) is -0.134. The number of Topliss-reactive ketones (excluding diaryl/α,β-unsaturated/α-hetero) is 1. The molecule has 0 aliphatic rings. The van der Waals surface area contributed by atoms with Crippen molar-refractivity contribution in [3.8, 4) is 11.4 Å². The fourth-order valence-electron chi connectivity index (χ4n) is 2.98. The molecule has 0 spiro atoms. The van der Waals surface area contributed by atoms with E-state index in [4.69, 9.17) is 4.74 Å². The van der Waals surface area contributed by atoms with Gasteiger partial charge in [0.25, 0.3) is 11.5 Å². The van der Waals surface area contributed by atoms with Crippen molar-refractivity contribution in [3.05, 3.63) is 76.2 Å². The predicted octanol–water partition coefficient (Wildman–Crippen LogP) is 3.09. The van der Waals surface area contributed by atoms with Crippen LogP contribution < -0.4 is 15.6 Å². The highest BCUT2D eigenvalue weighted by Crippen LogP contribution is 2.17. The summed E-state index contributed by atoms with van der Waals surface area (Å²) in [4.78, 5) is 37.0. The fraction of sp³-hybridized carbons (Fsp3) is 0.227. The van der Waals surface area contributed by atoms with Crippen LogP contribution in [0.1, 0.15) is 29.9 Å². The maximum atomic E-state index is 12.9. The van der Waals surface area contributed by atoms with Crippen molar-refractivity contribution in [3.63, 3.8) is 0 Å². The highest BCUT2D eigenvalue weighted by Gasteiger charge is 2.22. The van der Waals surface area contributed by atoms with E-state index in [-0.39, 0.29) is 17.0 Å². The van der Waals surface area contributed by atoms with Crippen molar-refractivity contribution in [2.24, 2.45) is 7.05 Å². The number of aromatic nitrogens is 2. The molecule has 150 valence electrons. The Morgan fingerprint density at radius 2 is 1.76 bits per heavy atom. The number of hydrogen-bond donors (Lipinski definition) is 1. The lowest BCUT2D eigenvalue weighted by Crippen LogP contribution is -2.32. The van der Waals surface area contributed by atoms with Gasteiger partial charge in [-0.1, -0.05) is 30.3 Å². The smallest absolute Gasteiger partial charge is 0.295 e. The first-order chi connectivity index (χ1) is 13.8. The van der Waals surface area contributed by atoms with E-state index in [0.717, 1.165) is 0 Å². The average molecular weight is 393 g/mol. The number of rotatable bonds is 6. The molecular formula is C22H23N3O4. The monoisotopic (exact) mass is 393 g/mol. The third kappa shape index (κ3) is 4.13. The van der Waals surface area contributed by atoms with Gasteiger partial charge in [0, 0.05) is 12.6 Å². The quantitative estimate of drug-likeness (QED) is 0.653. The molecule has 1 aromatic heterocycles. The van der Waals surface area contributed by atoms with Gasteiger partial charge in [-0.3, -0.25) is 19.1 Å². The molecule has 1 atom stereocenters. The first kappa shape index (κ1) is 20.1. The highest BCUT2D eigenvalue weighted by molar-refractivity contribution is 5.95. The number of carbonyl (C=O) groups excluding carboxylic acids is 2. The minimum atomic E-state index is -0.860. The number of anilines is 1. The van der Waals surface area contributed by atoms with Gasteiger partial charge in [-0.2, -0.15) is 0 Å². The standard InChI is InChI=1S/C22H23N3O4/c1-14-20(22(28)25(24(14)4)18-10-6-5-7-11-18)23-21(27)16(3)29-19-12-8-9-17(13-19)15(2)26/h5-13,16H,1-4H3,(H,23,27)/t16-/m0/s1. The summed E-state index contributed by atoms with van der Waals surface area (Å²) < 4.78 is 8.84. The number of ketones is 1. The molecule has 3 rings (SSSR count). The Morgan fingerprint density at radius 3 is 2.41 bits per heavy atom. The van der Waals surface area contributed by atoms with Crippen molar-refractivity contribution in [1.29, 1.82) is 0 Å². The number of nitrogens with one attached hydrogen (secondary N) is 1. The first-order valence-electron chi connectivity index (χ1n) is 9.22. The zero-order valence-electron chi connectivity index (χ0n) is 16.8. The van der Waals surface area contributed by atoms with Crippen molar-refractivity contribution in [2.75, 3.05) is 5.32 Å². The molecule has 0 aliphatic carbocycles. The minimum Gasteiger partial charge on any atom is -0.481 e. The lowest BCUT2D eigenvalue weighted by Gasteiger charge is -2.14. The van der Waals surface area contributed by atoms with E-state index in [1.54, 1.807) is 49.8 Å². The van der Waals surface area contributed by atoms with Crippen LogP contribution in [0.5, 0.6) is 5.75 Å². The van der Waals surface area contributed by atoms with Crippen LogP contribution in [-0.4, -0.2) is 27.2 Å². The number of ether oxygens (including phenoxy) is 1. The molecule has 2 aromatic carbocycles. The lowest BCUT2D eigenvalue weighted by atomic mass is 10.1. The maximum Gasteiger partial charge on any atom is 0.295 e. The van der Waals surface area contributed by atoms with Gasteiger partial charge in [0.05, 0.1) is 11.4 Å². The van der Waals surface area contributed by atoms with Gasteiger partial charge < -0.3 is 10.1 Å².